The van der Waals surface area contributed by atoms with Gasteiger partial charge in [-0.25, -0.2) is 0 Å². The number of hydrogen-bond acceptors (Lipinski definition) is 3. The molecule has 0 amide bonds. The first-order valence-electron chi connectivity index (χ1n) is 7.17. The third-order valence-electron chi connectivity index (χ3n) is 4.00. The van der Waals surface area contributed by atoms with Crippen molar-refractivity contribution in [1.29, 1.82) is 0 Å². The third-order valence-corrected chi connectivity index (χ3v) is 5.34. The average Bonchev–Trinajstić information content (AvgIpc) is 2.83. The molecule has 0 aliphatic heterocycles. The Morgan fingerprint density at radius 2 is 2.00 bits per heavy atom. The van der Waals surface area contributed by atoms with E-state index < -0.39 is 0 Å². The second kappa shape index (κ2) is 5.78. The highest BCUT2D eigenvalue weighted by Crippen LogP contribution is 2.45. The molecule has 0 radical (unpaired) electrons. The molecule has 5 heteroatoms. The number of pyridine rings is 1. The van der Waals surface area contributed by atoms with Crippen molar-refractivity contribution in [3.05, 3.63) is 50.6 Å². The smallest absolute Gasteiger partial charge is 0.260 e. The molecule has 2 aromatic heterocycles. The first kappa shape index (κ1) is 15.1. The van der Waals surface area contributed by atoms with Crippen LogP contribution in [0.4, 0.5) is 0 Å². The van der Waals surface area contributed by atoms with Crippen molar-refractivity contribution in [3.8, 4) is 16.9 Å². The third kappa shape index (κ3) is 2.32. The van der Waals surface area contributed by atoms with Crippen LogP contribution in [0.15, 0.2) is 35.1 Å². The van der Waals surface area contributed by atoms with Crippen molar-refractivity contribution in [2.75, 3.05) is 0 Å². The van der Waals surface area contributed by atoms with Crippen LogP contribution >= 0.6 is 22.9 Å². The molecular formula is C17H16ClNO2S. The van der Waals surface area contributed by atoms with Gasteiger partial charge in [0.1, 0.15) is 10.6 Å². The highest BCUT2D eigenvalue weighted by Gasteiger charge is 2.23. The topological polar surface area (TPSA) is 53.1 Å². The largest absolute Gasteiger partial charge is 0.506 e. The molecule has 114 valence electrons. The minimum Gasteiger partial charge on any atom is -0.506 e. The monoisotopic (exact) mass is 333 g/mol. The molecular weight excluding hydrogens is 318 g/mol. The van der Waals surface area contributed by atoms with E-state index in [0.717, 1.165) is 12.0 Å². The van der Waals surface area contributed by atoms with Gasteiger partial charge in [-0.3, -0.25) is 4.79 Å². The lowest BCUT2D eigenvalue weighted by Gasteiger charge is -2.11. The molecule has 0 aliphatic rings. The fourth-order valence-electron chi connectivity index (χ4n) is 2.65. The standard InChI is InChI=1S/C17H16ClNO2S/c1-3-9(2)11-13-14(20)12(10-7-5-4-6-8-10)16(21)19-17(13)22-15(11)18/h4-9H,3H2,1-2H3,(H2,19,20,21). The number of benzene rings is 1. The van der Waals surface area contributed by atoms with E-state index in [1.807, 2.05) is 30.3 Å². The number of H-pyrrole nitrogens is 1. The molecule has 0 saturated heterocycles. The van der Waals surface area contributed by atoms with Crippen LogP contribution in [0.1, 0.15) is 31.7 Å². The number of aromatic nitrogens is 1. The number of hydrogen-bond donors (Lipinski definition) is 2. The van der Waals surface area contributed by atoms with Crippen LogP contribution < -0.4 is 5.56 Å². The van der Waals surface area contributed by atoms with Crippen LogP contribution in [0.2, 0.25) is 4.34 Å². The van der Waals surface area contributed by atoms with Crippen LogP contribution in [0.3, 0.4) is 0 Å². The lowest BCUT2D eigenvalue weighted by atomic mass is 9.96. The summed E-state index contributed by atoms with van der Waals surface area (Å²) in [4.78, 5) is 15.8. The van der Waals surface area contributed by atoms with Crippen LogP contribution in [0.5, 0.6) is 5.75 Å². The second-order valence-electron chi connectivity index (χ2n) is 5.35. The molecule has 22 heavy (non-hydrogen) atoms. The van der Waals surface area contributed by atoms with Crippen molar-refractivity contribution >= 4 is 33.2 Å². The van der Waals surface area contributed by atoms with Gasteiger partial charge in [0.2, 0.25) is 0 Å². The fourth-order valence-corrected chi connectivity index (χ4v) is 4.21. The van der Waals surface area contributed by atoms with Gasteiger partial charge in [-0.1, -0.05) is 55.8 Å². The van der Waals surface area contributed by atoms with E-state index in [9.17, 15) is 9.90 Å². The van der Waals surface area contributed by atoms with E-state index >= 15 is 0 Å². The Morgan fingerprint density at radius 1 is 1.32 bits per heavy atom. The Kier molecular flexibility index (Phi) is 3.98. The summed E-state index contributed by atoms with van der Waals surface area (Å²) in [6.07, 6.45) is 0.908. The zero-order valence-electron chi connectivity index (χ0n) is 12.3. The highest BCUT2D eigenvalue weighted by atomic mass is 35.5. The molecule has 1 atom stereocenters. The van der Waals surface area contributed by atoms with Gasteiger partial charge in [0, 0.05) is 0 Å². The predicted molar refractivity (Wildman–Crippen MR) is 93.3 cm³/mol. The first-order chi connectivity index (χ1) is 10.5. The van der Waals surface area contributed by atoms with Crippen molar-refractivity contribution in [2.45, 2.75) is 26.2 Å². The molecule has 0 aliphatic carbocycles. The van der Waals surface area contributed by atoms with Crippen molar-refractivity contribution < 1.29 is 5.11 Å². The van der Waals surface area contributed by atoms with Gasteiger partial charge in [0.25, 0.3) is 5.56 Å². The SMILES string of the molecule is CCC(C)c1c(Cl)sc2[nH]c(=O)c(-c3ccccc3)c(O)c12. The minimum absolute atomic E-state index is 0.0170. The number of rotatable bonds is 3. The van der Waals surface area contributed by atoms with E-state index in [-0.39, 0.29) is 17.2 Å². The maximum atomic E-state index is 12.4. The van der Waals surface area contributed by atoms with Gasteiger partial charge in [-0.15, -0.1) is 11.3 Å². The molecule has 3 nitrogen and oxygen atoms in total. The molecule has 0 fully saturated rings. The summed E-state index contributed by atoms with van der Waals surface area (Å²) in [6, 6.07) is 9.18. The summed E-state index contributed by atoms with van der Waals surface area (Å²) in [5, 5.41) is 11.4. The number of thiophene rings is 1. The van der Waals surface area contributed by atoms with Gasteiger partial charge in [0.05, 0.1) is 15.3 Å². The Balaban J connectivity index is 2.39. The quantitative estimate of drug-likeness (QED) is 0.698. The number of aromatic hydroxyl groups is 1. The lowest BCUT2D eigenvalue weighted by Crippen LogP contribution is -2.08. The van der Waals surface area contributed by atoms with E-state index in [1.54, 1.807) is 0 Å². The van der Waals surface area contributed by atoms with Gasteiger partial charge in [-0.05, 0) is 23.5 Å². The number of nitrogens with one attached hydrogen (secondary N) is 1. The lowest BCUT2D eigenvalue weighted by molar-refractivity contribution is 0.482. The number of aromatic amines is 1. The predicted octanol–water partition coefficient (Wildman–Crippen LogP) is 5.13. The van der Waals surface area contributed by atoms with E-state index in [1.165, 1.54) is 11.3 Å². The molecule has 0 spiro atoms. The molecule has 0 bridgehead atoms. The van der Waals surface area contributed by atoms with Gasteiger partial charge in [-0.2, -0.15) is 0 Å². The molecule has 2 heterocycles. The Hall–Kier alpha value is -1.78. The molecule has 1 aromatic carbocycles. The molecule has 0 saturated carbocycles. The van der Waals surface area contributed by atoms with Crippen molar-refractivity contribution in [3.63, 3.8) is 0 Å². The van der Waals surface area contributed by atoms with E-state index in [0.29, 0.717) is 25.7 Å². The summed E-state index contributed by atoms with van der Waals surface area (Å²) in [5.41, 5.74) is 1.60. The van der Waals surface area contributed by atoms with Gasteiger partial charge < -0.3 is 10.1 Å². The first-order valence-corrected chi connectivity index (χ1v) is 8.36. The molecule has 2 N–H and O–H groups in total. The van der Waals surface area contributed by atoms with Crippen LogP contribution in [0, 0.1) is 0 Å². The molecule has 3 aromatic rings. The highest BCUT2D eigenvalue weighted by molar-refractivity contribution is 7.22. The molecule has 3 rings (SSSR count). The van der Waals surface area contributed by atoms with Gasteiger partial charge >= 0.3 is 0 Å². The summed E-state index contributed by atoms with van der Waals surface area (Å²) in [6.45, 7) is 4.14. The van der Waals surface area contributed by atoms with Crippen LogP contribution in [0.25, 0.3) is 21.3 Å². The van der Waals surface area contributed by atoms with Gasteiger partial charge in [0.15, 0.2) is 0 Å². The Labute approximate surface area is 137 Å². The zero-order valence-corrected chi connectivity index (χ0v) is 13.9. The second-order valence-corrected chi connectivity index (χ2v) is 6.97. The van der Waals surface area contributed by atoms with Crippen LogP contribution in [-0.2, 0) is 0 Å². The van der Waals surface area contributed by atoms with E-state index in [2.05, 4.69) is 18.8 Å². The maximum absolute atomic E-state index is 12.4. The Bertz CT molecular complexity index is 883. The van der Waals surface area contributed by atoms with Crippen LogP contribution in [-0.4, -0.2) is 10.1 Å². The normalized spacial score (nSPS) is 12.7. The zero-order chi connectivity index (χ0) is 15.9. The summed E-state index contributed by atoms with van der Waals surface area (Å²) in [5.74, 6) is 0.227. The van der Waals surface area contributed by atoms with E-state index in [4.69, 9.17) is 11.6 Å². The summed E-state index contributed by atoms with van der Waals surface area (Å²) in [7, 11) is 0. The summed E-state index contributed by atoms with van der Waals surface area (Å²) >= 11 is 7.65. The minimum atomic E-state index is -0.301. The van der Waals surface area contributed by atoms with Crippen molar-refractivity contribution in [2.24, 2.45) is 0 Å². The maximum Gasteiger partial charge on any atom is 0.260 e. The number of fused-ring (bicyclic) bond motifs is 1. The molecule has 1 unspecified atom stereocenters. The summed E-state index contributed by atoms with van der Waals surface area (Å²) < 4.78 is 0.625. The average molecular weight is 334 g/mol. The van der Waals surface area contributed by atoms with Crippen molar-refractivity contribution in [1.82, 2.24) is 4.98 Å². The number of halogens is 1. The Morgan fingerprint density at radius 3 is 2.64 bits per heavy atom. The fraction of sp³-hybridized carbons (Fsp3) is 0.235.